The number of aliphatic hydroxyl groups is 1. The molecule has 1 heterocycles. The summed E-state index contributed by atoms with van der Waals surface area (Å²) in [6.45, 7) is 2.66. The molecule has 0 aliphatic carbocycles. The van der Waals surface area contributed by atoms with Gasteiger partial charge in [-0.15, -0.1) is 11.3 Å². The molecule has 0 saturated carbocycles. The Kier molecular flexibility index (Phi) is 9.37. The van der Waals surface area contributed by atoms with Gasteiger partial charge in [0.25, 0.3) is 0 Å². The number of rotatable bonds is 11. The standard InChI is InChI=1S/C16H24N4O6S/c1-9(2)3-11(16(26)18-6-15(24)25)20-13(23)5-17-12(22)4-10-8-27-14(7-21)19-10/h8-9,11,21H,3-7H2,1-2H3,(H,17,22)(H,18,26)(H,20,23)(H,24,25). The van der Waals surface area contributed by atoms with E-state index in [0.717, 1.165) is 0 Å². The zero-order chi connectivity index (χ0) is 20.4. The number of carboxylic acids is 1. The van der Waals surface area contributed by atoms with Gasteiger partial charge in [-0.05, 0) is 12.3 Å². The van der Waals surface area contributed by atoms with Gasteiger partial charge in [-0.2, -0.15) is 0 Å². The second-order valence-corrected chi connectivity index (χ2v) is 7.15. The van der Waals surface area contributed by atoms with E-state index in [-0.39, 0.29) is 25.5 Å². The van der Waals surface area contributed by atoms with Crippen molar-refractivity contribution in [1.82, 2.24) is 20.9 Å². The molecule has 1 atom stereocenters. The van der Waals surface area contributed by atoms with Crippen LogP contribution in [-0.4, -0.2) is 58.0 Å². The number of thiazole rings is 1. The lowest BCUT2D eigenvalue weighted by molar-refractivity contribution is -0.138. The molecule has 10 nitrogen and oxygen atoms in total. The van der Waals surface area contributed by atoms with Crippen molar-refractivity contribution in [1.29, 1.82) is 0 Å². The molecule has 0 aromatic carbocycles. The van der Waals surface area contributed by atoms with Gasteiger partial charge in [0.15, 0.2) is 0 Å². The van der Waals surface area contributed by atoms with Crippen molar-refractivity contribution in [3.8, 4) is 0 Å². The van der Waals surface area contributed by atoms with Crippen LogP contribution in [0.15, 0.2) is 5.38 Å². The van der Waals surface area contributed by atoms with Gasteiger partial charge in [-0.3, -0.25) is 19.2 Å². The zero-order valence-corrected chi connectivity index (χ0v) is 16.0. The van der Waals surface area contributed by atoms with E-state index in [2.05, 4.69) is 20.9 Å². The minimum absolute atomic E-state index is 0.0295. The van der Waals surface area contributed by atoms with E-state index in [9.17, 15) is 19.2 Å². The Balaban J connectivity index is 2.48. The van der Waals surface area contributed by atoms with Crippen LogP contribution in [0.4, 0.5) is 0 Å². The van der Waals surface area contributed by atoms with E-state index in [1.54, 1.807) is 5.38 Å². The van der Waals surface area contributed by atoms with Crippen molar-refractivity contribution in [2.24, 2.45) is 5.92 Å². The molecular formula is C16H24N4O6S. The fourth-order valence-electron chi connectivity index (χ4n) is 2.14. The van der Waals surface area contributed by atoms with Crippen LogP contribution in [-0.2, 0) is 32.2 Å². The summed E-state index contributed by atoms with van der Waals surface area (Å²) in [7, 11) is 0. The Hall–Kier alpha value is -2.53. The maximum Gasteiger partial charge on any atom is 0.322 e. The first-order valence-corrected chi connectivity index (χ1v) is 9.19. The smallest absolute Gasteiger partial charge is 0.322 e. The largest absolute Gasteiger partial charge is 0.480 e. The van der Waals surface area contributed by atoms with Gasteiger partial charge in [0.2, 0.25) is 17.7 Å². The molecule has 0 bridgehead atoms. The first-order valence-electron chi connectivity index (χ1n) is 8.31. The number of carboxylic acid groups (broad SMARTS) is 1. The maximum atomic E-state index is 12.0. The lowest BCUT2D eigenvalue weighted by Crippen LogP contribution is -2.50. The summed E-state index contributed by atoms with van der Waals surface area (Å²) in [6, 6.07) is -0.889. The number of hydrogen-bond donors (Lipinski definition) is 5. The summed E-state index contributed by atoms with van der Waals surface area (Å²) in [5.74, 6) is -2.67. The lowest BCUT2D eigenvalue weighted by atomic mass is 10.0. The van der Waals surface area contributed by atoms with Crippen molar-refractivity contribution in [2.75, 3.05) is 13.1 Å². The van der Waals surface area contributed by atoms with Crippen molar-refractivity contribution in [3.05, 3.63) is 16.1 Å². The molecule has 0 aliphatic heterocycles. The lowest BCUT2D eigenvalue weighted by Gasteiger charge is -2.19. The van der Waals surface area contributed by atoms with Crippen LogP contribution in [0.5, 0.6) is 0 Å². The molecule has 1 aromatic heterocycles. The number of carbonyl (C=O) groups excluding carboxylic acids is 3. The van der Waals surface area contributed by atoms with Crippen LogP contribution < -0.4 is 16.0 Å². The highest BCUT2D eigenvalue weighted by Crippen LogP contribution is 2.09. The quantitative estimate of drug-likeness (QED) is 0.319. The maximum absolute atomic E-state index is 12.0. The average molecular weight is 400 g/mol. The van der Waals surface area contributed by atoms with Crippen molar-refractivity contribution in [2.45, 2.75) is 39.3 Å². The minimum Gasteiger partial charge on any atom is -0.480 e. The minimum atomic E-state index is -1.18. The van der Waals surface area contributed by atoms with Crippen LogP contribution in [0.1, 0.15) is 31.0 Å². The topological polar surface area (TPSA) is 158 Å². The Morgan fingerprint density at radius 2 is 1.85 bits per heavy atom. The predicted molar refractivity (Wildman–Crippen MR) is 96.8 cm³/mol. The summed E-state index contributed by atoms with van der Waals surface area (Å²) >= 11 is 1.23. The SMILES string of the molecule is CC(C)CC(NC(=O)CNC(=O)Cc1csc(CO)n1)C(=O)NCC(=O)O. The molecular weight excluding hydrogens is 376 g/mol. The molecule has 0 saturated heterocycles. The summed E-state index contributed by atoms with van der Waals surface area (Å²) in [5.41, 5.74) is 0.493. The molecule has 0 fully saturated rings. The molecule has 1 aromatic rings. The highest BCUT2D eigenvalue weighted by molar-refractivity contribution is 7.09. The van der Waals surface area contributed by atoms with Crippen molar-refractivity contribution < 1.29 is 29.4 Å². The number of carbonyl (C=O) groups is 4. The number of nitrogens with zero attached hydrogens (tertiary/aromatic N) is 1. The third kappa shape index (κ3) is 9.11. The number of aliphatic carboxylic acids is 1. The van der Waals surface area contributed by atoms with Gasteiger partial charge in [0, 0.05) is 5.38 Å². The van der Waals surface area contributed by atoms with E-state index in [4.69, 9.17) is 10.2 Å². The van der Waals surface area contributed by atoms with Crippen LogP contribution in [0.3, 0.4) is 0 Å². The average Bonchev–Trinajstić information content (AvgIpc) is 3.04. The first kappa shape index (κ1) is 22.5. The van der Waals surface area contributed by atoms with E-state index in [1.165, 1.54) is 11.3 Å². The Bertz CT molecular complexity index is 676. The molecule has 0 radical (unpaired) electrons. The van der Waals surface area contributed by atoms with Gasteiger partial charge in [-0.25, -0.2) is 4.98 Å². The van der Waals surface area contributed by atoms with Crippen LogP contribution in [0, 0.1) is 5.92 Å². The van der Waals surface area contributed by atoms with Gasteiger partial charge in [-0.1, -0.05) is 13.8 Å². The molecule has 27 heavy (non-hydrogen) atoms. The molecule has 11 heteroatoms. The summed E-state index contributed by atoms with van der Waals surface area (Å²) in [6.07, 6.45) is 0.298. The third-order valence-electron chi connectivity index (χ3n) is 3.30. The number of aliphatic hydroxyl groups excluding tert-OH is 1. The van der Waals surface area contributed by atoms with E-state index >= 15 is 0 Å². The fourth-order valence-corrected chi connectivity index (χ4v) is 2.80. The number of hydrogen-bond acceptors (Lipinski definition) is 7. The number of amides is 3. The van der Waals surface area contributed by atoms with Gasteiger partial charge in [0.05, 0.1) is 25.3 Å². The third-order valence-corrected chi connectivity index (χ3v) is 4.18. The molecule has 1 rings (SSSR count). The zero-order valence-electron chi connectivity index (χ0n) is 15.2. The molecule has 150 valence electrons. The fraction of sp³-hybridized carbons (Fsp3) is 0.562. The second kappa shape index (κ2) is 11.2. The van der Waals surface area contributed by atoms with Crippen molar-refractivity contribution >= 4 is 35.0 Å². The van der Waals surface area contributed by atoms with E-state index in [1.807, 2.05) is 13.8 Å². The Labute approximate surface area is 160 Å². The molecule has 0 aliphatic rings. The Morgan fingerprint density at radius 1 is 1.15 bits per heavy atom. The Morgan fingerprint density at radius 3 is 2.41 bits per heavy atom. The van der Waals surface area contributed by atoms with Crippen LogP contribution in [0.25, 0.3) is 0 Å². The summed E-state index contributed by atoms with van der Waals surface area (Å²) in [5, 5.41) is 26.9. The highest BCUT2D eigenvalue weighted by Gasteiger charge is 2.22. The first-order chi connectivity index (χ1) is 12.7. The molecule has 3 amide bonds. The number of nitrogens with one attached hydrogen (secondary N) is 3. The normalized spacial score (nSPS) is 11.7. The van der Waals surface area contributed by atoms with Gasteiger partial charge in [0.1, 0.15) is 17.6 Å². The highest BCUT2D eigenvalue weighted by atomic mass is 32.1. The molecule has 5 N–H and O–H groups in total. The number of aromatic nitrogens is 1. The van der Waals surface area contributed by atoms with E-state index in [0.29, 0.717) is 17.1 Å². The molecule has 0 spiro atoms. The second-order valence-electron chi connectivity index (χ2n) is 6.21. The van der Waals surface area contributed by atoms with Crippen molar-refractivity contribution in [3.63, 3.8) is 0 Å². The van der Waals surface area contributed by atoms with Crippen LogP contribution in [0.2, 0.25) is 0 Å². The van der Waals surface area contributed by atoms with E-state index < -0.39 is 36.3 Å². The monoisotopic (exact) mass is 400 g/mol. The van der Waals surface area contributed by atoms with Gasteiger partial charge >= 0.3 is 5.97 Å². The van der Waals surface area contributed by atoms with Gasteiger partial charge < -0.3 is 26.2 Å². The summed E-state index contributed by atoms with van der Waals surface area (Å²) in [4.78, 5) is 50.5. The predicted octanol–water partition coefficient (Wildman–Crippen LogP) is -0.974. The molecule has 1 unspecified atom stereocenters. The summed E-state index contributed by atoms with van der Waals surface area (Å²) < 4.78 is 0. The van der Waals surface area contributed by atoms with Crippen LogP contribution >= 0.6 is 11.3 Å².